The van der Waals surface area contributed by atoms with Crippen LogP contribution in [-0.2, 0) is 31.9 Å². The van der Waals surface area contributed by atoms with Gasteiger partial charge in [0.15, 0.2) is 0 Å². The summed E-state index contributed by atoms with van der Waals surface area (Å²) < 4.78 is 10.6. The first kappa shape index (κ1) is 25.9. The largest absolute Gasteiger partial charge is 0.465 e. The third kappa shape index (κ3) is 6.68. The van der Waals surface area contributed by atoms with Gasteiger partial charge in [-0.2, -0.15) is 0 Å². The zero-order chi connectivity index (χ0) is 24.9. The average Bonchev–Trinajstić information content (AvgIpc) is 2.74. The average molecular weight is 475 g/mol. The Morgan fingerprint density at radius 1 is 1.24 bits per heavy atom. The van der Waals surface area contributed by atoms with E-state index in [0.29, 0.717) is 24.9 Å². The number of nitrogens with one attached hydrogen (secondary N) is 2. The van der Waals surface area contributed by atoms with Gasteiger partial charge in [-0.15, -0.1) is 0 Å². The summed E-state index contributed by atoms with van der Waals surface area (Å²) in [6, 6.07) is 3.54. The van der Waals surface area contributed by atoms with Crippen LogP contribution in [0.15, 0.2) is 12.1 Å². The van der Waals surface area contributed by atoms with Gasteiger partial charge in [0.1, 0.15) is 17.5 Å². The molecule has 1 aromatic heterocycles. The van der Waals surface area contributed by atoms with E-state index >= 15 is 0 Å². The first-order valence-electron chi connectivity index (χ1n) is 12.2. The number of amides is 2. The summed E-state index contributed by atoms with van der Waals surface area (Å²) in [6.45, 7) is 8.45. The Labute approximate surface area is 202 Å². The Hall–Kier alpha value is -2.68. The molecular weight excluding hydrogens is 436 g/mol. The lowest BCUT2D eigenvalue weighted by molar-refractivity contribution is -0.145. The SMILES string of the molecule is CCOC(=O)[C@H](CNC(=O)C1CC(Cc2ccc3c(n2)N(C(=O)OC(C)(C)C)CCC3)C1)NC. The molecule has 0 unspecified atom stereocenters. The normalized spacial score (nSPS) is 20.6. The van der Waals surface area contributed by atoms with Crippen LogP contribution in [0, 0.1) is 11.8 Å². The van der Waals surface area contributed by atoms with E-state index in [1.165, 1.54) is 0 Å². The quantitative estimate of drug-likeness (QED) is 0.557. The molecule has 1 aliphatic carbocycles. The van der Waals surface area contributed by atoms with Crippen molar-refractivity contribution < 1.29 is 23.9 Å². The Morgan fingerprint density at radius 3 is 2.62 bits per heavy atom. The molecule has 0 saturated heterocycles. The maximum atomic E-state index is 12.7. The van der Waals surface area contributed by atoms with Crippen LogP contribution < -0.4 is 15.5 Å². The van der Waals surface area contributed by atoms with Crippen LogP contribution in [-0.4, -0.2) is 61.3 Å². The molecule has 34 heavy (non-hydrogen) atoms. The second kappa shape index (κ2) is 11.2. The predicted octanol–water partition coefficient (Wildman–Crippen LogP) is 2.61. The minimum absolute atomic E-state index is 0.0321. The highest BCUT2D eigenvalue weighted by molar-refractivity contribution is 5.88. The van der Waals surface area contributed by atoms with Gasteiger partial charge in [-0.1, -0.05) is 6.07 Å². The third-order valence-electron chi connectivity index (χ3n) is 6.22. The molecule has 0 radical (unpaired) electrons. The maximum Gasteiger partial charge on any atom is 0.416 e. The van der Waals surface area contributed by atoms with Crippen molar-refractivity contribution in [3.05, 3.63) is 23.4 Å². The fourth-order valence-corrected chi connectivity index (χ4v) is 4.39. The molecule has 3 rings (SSSR count). The van der Waals surface area contributed by atoms with Gasteiger partial charge in [0.25, 0.3) is 0 Å². The van der Waals surface area contributed by atoms with Gasteiger partial charge in [0, 0.05) is 24.7 Å². The number of rotatable bonds is 8. The van der Waals surface area contributed by atoms with Gasteiger partial charge in [-0.05, 0) is 84.4 Å². The zero-order valence-corrected chi connectivity index (χ0v) is 21.0. The van der Waals surface area contributed by atoms with Crippen molar-refractivity contribution in [3.8, 4) is 0 Å². The Morgan fingerprint density at radius 2 is 1.97 bits per heavy atom. The Balaban J connectivity index is 1.52. The number of fused-ring (bicyclic) bond motifs is 1. The molecule has 1 aliphatic heterocycles. The molecule has 9 heteroatoms. The molecule has 1 atom stereocenters. The second-order valence-corrected chi connectivity index (χ2v) is 10.1. The molecule has 0 aromatic carbocycles. The molecule has 1 aromatic rings. The van der Waals surface area contributed by atoms with Crippen molar-refractivity contribution in [2.75, 3.05) is 31.6 Å². The zero-order valence-electron chi connectivity index (χ0n) is 21.0. The minimum Gasteiger partial charge on any atom is -0.465 e. The highest BCUT2D eigenvalue weighted by Crippen LogP contribution is 2.37. The first-order chi connectivity index (χ1) is 16.1. The topological polar surface area (TPSA) is 110 Å². The number of pyridine rings is 1. The fraction of sp³-hybridized carbons (Fsp3) is 0.680. The molecule has 188 valence electrons. The molecule has 0 bridgehead atoms. The van der Waals surface area contributed by atoms with Gasteiger partial charge < -0.3 is 20.1 Å². The van der Waals surface area contributed by atoms with Crippen LogP contribution in [0.5, 0.6) is 0 Å². The summed E-state index contributed by atoms with van der Waals surface area (Å²) in [6.07, 6.45) is 3.75. The molecule has 1 saturated carbocycles. The summed E-state index contributed by atoms with van der Waals surface area (Å²) in [4.78, 5) is 43.5. The number of aromatic nitrogens is 1. The molecule has 9 nitrogen and oxygen atoms in total. The van der Waals surface area contributed by atoms with Crippen molar-refractivity contribution >= 4 is 23.8 Å². The Bertz CT molecular complexity index is 892. The molecule has 2 aliphatic rings. The third-order valence-corrected chi connectivity index (χ3v) is 6.22. The predicted molar refractivity (Wildman–Crippen MR) is 129 cm³/mol. The monoisotopic (exact) mass is 474 g/mol. The number of ether oxygens (including phenoxy) is 2. The van der Waals surface area contributed by atoms with E-state index in [9.17, 15) is 14.4 Å². The van der Waals surface area contributed by atoms with E-state index in [1.54, 1.807) is 18.9 Å². The number of carbonyl (C=O) groups is 3. The Kier molecular flexibility index (Phi) is 8.52. The van der Waals surface area contributed by atoms with Gasteiger partial charge in [0.05, 0.1) is 6.61 Å². The molecule has 2 amide bonds. The van der Waals surface area contributed by atoms with Crippen molar-refractivity contribution in [3.63, 3.8) is 0 Å². The lowest BCUT2D eigenvalue weighted by atomic mass is 9.72. The van der Waals surface area contributed by atoms with Crippen molar-refractivity contribution in [2.24, 2.45) is 11.8 Å². The summed E-state index contributed by atoms with van der Waals surface area (Å²) in [5.41, 5.74) is 1.43. The number of likely N-dealkylation sites (N-methyl/N-ethyl adjacent to an activating group) is 1. The summed E-state index contributed by atoms with van der Waals surface area (Å²) in [5, 5.41) is 5.73. The fourth-order valence-electron chi connectivity index (χ4n) is 4.39. The van der Waals surface area contributed by atoms with E-state index in [1.807, 2.05) is 26.8 Å². The molecule has 2 heterocycles. The number of aryl methyl sites for hydroxylation is 1. The molecule has 1 fully saturated rings. The summed E-state index contributed by atoms with van der Waals surface area (Å²) in [5.74, 6) is 0.611. The van der Waals surface area contributed by atoms with Crippen molar-refractivity contribution in [2.45, 2.75) is 71.4 Å². The van der Waals surface area contributed by atoms with E-state index in [2.05, 4.69) is 16.7 Å². The van der Waals surface area contributed by atoms with E-state index < -0.39 is 11.6 Å². The van der Waals surface area contributed by atoms with Gasteiger partial charge in [-0.3, -0.25) is 14.5 Å². The first-order valence-corrected chi connectivity index (χ1v) is 12.2. The second-order valence-electron chi connectivity index (χ2n) is 10.1. The van der Waals surface area contributed by atoms with Crippen LogP contribution in [0.3, 0.4) is 0 Å². The smallest absolute Gasteiger partial charge is 0.416 e. The number of carbonyl (C=O) groups excluding carboxylic acids is 3. The van der Waals surface area contributed by atoms with Gasteiger partial charge >= 0.3 is 12.1 Å². The van der Waals surface area contributed by atoms with Gasteiger partial charge in [-0.25, -0.2) is 9.78 Å². The highest BCUT2D eigenvalue weighted by atomic mass is 16.6. The number of nitrogens with zero attached hydrogens (tertiary/aromatic N) is 2. The van der Waals surface area contributed by atoms with Crippen LogP contribution in [0.25, 0.3) is 0 Å². The van der Waals surface area contributed by atoms with E-state index in [-0.39, 0.29) is 30.4 Å². The van der Waals surface area contributed by atoms with Crippen molar-refractivity contribution in [1.82, 2.24) is 15.6 Å². The number of anilines is 1. The molecule has 2 N–H and O–H groups in total. The van der Waals surface area contributed by atoms with Crippen LogP contribution in [0.4, 0.5) is 10.6 Å². The number of esters is 1. The van der Waals surface area contributed by atoms with Gasteiger partial charge in [0.2, 0.25) is 5.91 Å². The lowest BCUT2D eigenvalue weighted by Gasteiger charge is -2.35. The van der Waals surface area contributed by atoms with Crippen LogP contribution in [0.2, 0.25) is 0 Å². The summed E-state index contributed by atoms with van der Waals surface area (Å²) in [7, 11) is 1.67. The molecular formula is C25H38N4O5. The summed E-state index contributed by atoms with van der Waals surface area (Å²) >= 11 is 0. The number of hydrogen-bond donors (Lipinski definition) is 2. The lowest BCUT2D eigenvalue weighted by Crippen LogP contribution is -2.48. The van der Waals surface area contributed by atoms with E-state index in [0.717, 1.165) is 43.4 Å². The maximum absolute atomic E-state index is 12.7. The van der Waals surface area contributed by atoms with Crippen LogP contribution in [0.1, 0.15) is 58.2 Å². The van der Waals surface area contributed by atoms with Crippen LogP contribution >= 0.6 is 0 Å². The standard InChI is InChI=1S/C25H38N4O5/c1-6-33-23(31)20(26-5)15-27-22(30)18-12-16(13-18)14-19-10-9-17-8-7-11-29(21(17)28-19)24(32)34-25(2,3)4/h9-10,16,18,20,26H,6-8,11-15H2,1-5H3,(H,27,30)/t16?,18?,20-/m0/s1. The highest BCUT2D eigenvalue weighted by Gasteiger charge is 2.35. The molecule has 0 spiro atoms. The van der Waals surface area contributed by atoms with E-state index in [4.69, 9.17) is 14.5 Å². The van der Waals surface area contributed by atoms with Crippen molar-refractivity contribution in [1.29, 1.82) is 0 Å². The minimum atomic E-state index is -0.558. The number of hydrogen-bond acceptors (Lipinski definition) is 7.